The number of halogens is 2. The first-order chi connectivity index (χ1) is 6.46. The number of nitrogens with zero attached hydrogens (tertiary/aromatic N) is 2. The quantitative estimate of drug-likeness (QED) is 0.616. The highest BCUT2D eigenvalue weighted by Gasteiger charge is 2.35. The van der Waals surface area contributed by atoms with E-state index >= 15 is 0 Å². The van der Waals surface area contributed by atoms with Crippen molar-refractivity contribution in [3.05, 3.63) is 35.9 Å². The molecule has 5 heteroatoms. The third-order valence-corrected chi connectivity index (χ3v) is 3.77. The Balaban J connectivity index is 2.97. The fraction of sp³-hybridized carbons (Fsp3) is 0.222. The highest BCUT2D eigenvalue weighted by atomic mass is 79.9. The van der Waals surface area contributed by atoms with Gasteiger partial charge in [0, 0.05) is 0 Å². The Labute approximate surface area is 101 Å². The molecule has 14 heavy (non-hydrogen) atoms. The smallest absolute Gasteiger partial charge is 0.222 e. The van der Waals surface area contributed by atoms with Crippen LogP contribution in [0.5, 0.6) is 0 Å². The molecule has 0 spiro atoms. The third-order valence-electron chi connectivity index (χ3n) is 1.91. The van der Waals surface area contributed by atoms with Crippen molar-refractivity contribution in [2.24, 2.45) is 0 Å². The van der Waals surface area contributed by atoms with Crippen molar-refractivity contribution >= 4 is 38.2 Å². The lowest BCUT2D eigenvalue weighted by Gasteiger charge is -2.25. The molecule has 0 bridgehead atoms. The summed E-state index contributed by atoms with van der Waals surface area (Å²) in [6.07, 6.45) is 0. The van der Waals surface area contributed by atoms with Crippen molar-refractivity contribution in [1.82, 2.24) is 4.03 Å². The zero-order valence-electron chi connectivity index (χ0n) is 7.95. The van der Waals surface area contributed by atoms with Gasteiger partial charge in [0.2, 0.25) is 0 Å². The van der Waals surface area contributed by atoms with Gasteiger partial charge >= 0.3 is 5.91 Å². The molecule has 1 amide bonds. The van der Waals surface area contributed by atoms with Crippen molar-refractivity contribution in [1.29, 1.82) is 0 Å². The number of rotatable bonds is 2. The molecule has 0 fully saturated rings. The Morgan fingerprint density at radius 3 is 2.29 bits per heavy atom. The SMILES string of the molecule is CN(Br)[N+](C)(Br)C(=O)c1ccccc1. The van der Waals surface area contributed by atoms with E-state index in [1.54, 1.807) is 30.3 Å². The maximum Gasteiger partial charge on any atom is 0.376 e. The summed E-state index contributed by atoms with van der Waals surface area (Å²) in [5.41, 5.74) is 0.665. The van der Waals surface area contributed by atoms with Crippen LogP contribution in [0, 0.1) is 0 Å². The van der Waals surface area contributed by atoms with Gasteiger partial charge in [-0.3, -0.25) is 0 Å². The van der Waals surface area contributed by atoms with Crippen LogP contribution in [0.4, 0.5) is 0 Å². The molecule has 1 aromatic rings. The molecule has 3 nitrogen and oxygen atoms in total. The largest absolute Gasteiger partial charge is 0.376 e. The topological polar surface area (TPSA) is 20.3 Å². The minimum atomic E-state index is -0.0446. The maximum absolute atomic E-state index is 12.0. The summed E-state index contributed by atoms with van der Waals surface area (Å²) < 4.78 is 1.55. The second kappa shape index (κ2) is 4.53. The van der Waals surface area contributed by atoms with Crippen LogP contribution >= 0.6 is 32.3 Å². The summed E-state index contributed by atoms with van der Waals surface area (Å²) >= 11 is 6.55. The zero-order valence-corrected chi connectivity index (χ0v) is 11.1. The number of hydrogen-bond acceptors (Lipinski definition) is 2. The van der Waals surface area contributed by atoms with Crippen molar-refractivity contribution in [2.45, 2.75) is 0 Å². The van der Waals surface area contributed by atoms with Crippen LogP contribution in [-0.2, 0) is 0 Å². The second-order valence-electron chi connectivity index (χ2n) is 2.97. The molecule has 76 valence electrons. The van der Waals surface area contributed by atoms with Gasteiger partial charge in [-0.1, -0.05) is 22.2 Å². The number of benzene rings is 1. The Morgan fingerprint density at radius 2 is 1.86 bits per heavy atom. The molecule has 1 rings (SSSR count). The van der Waals surface area contributed by atoms with Crippen LogP contribution in [0.25, 0.3) is 0 Å². The first-order valence-electron chi connectivity index (χ1n) is 4.02. The van der Waals surface area contributed by atoms with Crippen molar-refractivity contribution in [3.8, 4) is 0 Å². The fourth-order valence-corrected chi connectivity index (χ4v) is 1.29. The van der Waals surface area contributed by atoms with E-state index in [0.29, 0.717) is 5.56 Å². The molecule has 0 aliphatic rings. The maximum atomic E-state index is 12.0. The summed E-state index contributed by atoms with van der Waals surface area (Å²) in [4.78, 5) is 12.0. The molecule has 0 aromatic heterocycles. The number of hydrogen-bond donors (Lipinski definition) is 0. The van der Waals surface area contributed by atoms with E-state index in [1.807, 2.05) is 18.2 Å². The number of carbonyl (C=O) groups is 1. The second-order valence-corrected chi connectivity index (χ2v) is 5.38. The number of quaternary nitrogens is 1. The molecule has 0 aliphatic heterocycles. The summed E-state index contributed by atoms with van der Waals surface area (Å²) in [5.74, 6) is -0.0371. The van der Waals surface area contributed by atoms with Gasteiger partial charge in [-0.15, -0.1) is 3.62 Å². The highest BCUT2D eigenvalue weighted by molar-refractivity contribution is 9.08. The Bertz CT molecular complexity index is 325. The molecule has 1 aromatic carbocycles. The lowest BCUT2D eigenvalue weighted by Crippen LogP contribution is -2.46. The Hall–Kier alpha value is -0.230. The zero-order chi connectivity index (χ0) is 10.8. The van der Waals surface area contributed by atoms with E-state index in [9.17, 15) is 4.79 Å². The van der Waals surface area contributed by atoms with Gasteiger partial charge in [-0.2, -0.15) is 0 Å². The van der Waals surface area contributed by atoms with Gasteiger partial charge in [0.1, 0.15) is 7.05 Å². The highest BCUT2D eigenvalue weighted by Crippen LogP contribution is 2.22. The molecule has 1 atom stereocenters. The first-order valence-corrected chi connectivity index (χ1v) is 5.44. The standard InChI is InChI=1S/C9H11Br2N2O/c1-12(10)13(2,11)9(14)8-6-4-3-5-7-8/h3-7H,1-2H3/q+1. The van der Waals surface area contributed by atoms with Gasteiger partial charge in [-0.25, -0.2) is 4.79 Å². The van der Waals surface area contributed by atoms with Crippen LogP contribution in [0.1, 0.15) is 10.4 Å². The predicted molar refractivity (Wildman–Crippen MR) is 62.6 cm³/mol. The van der Waals surface area contributed by atoms with E-state index in [2.05, 4.69) is 32.3 Å². The molecule has 0 heterocycles. The minimum Gasteiger partial charge on any atom is -0.222 e. The van der Waals surface area contributed by atoms with Crippen LogP contribution in [-0.4, -0.2) is 27.7 Å². The summed E-state index contributed by atoms with van der Waals surface area (Å²) in [6, 6.07) is 9.14. The Kier molecular flexibility index (Phi) is 3.83. The predicted octanol–water partition coefficient (Wildman–Crippen LogP) is 2.74. The van der Waals surface area contributed by atoms with Crippen molar-refractivity contribution < 1.29 is 8.41 Å². The number of carbonyl (C=O) groups excluding carboxylic acids is 1. The van der Waals surface area contributed by atoms with Crippen LogP contribution in [0.2, 0.25) is 0 Å². The van der Waals surface area contributed by atoms with E-state index in [0.717, 1.165) is 0 Å². The van der Waals surface area contributed by atoms with E-state index in [4.69, 9.17) is 0 Å². The van der Waals surface area contributed by atoms with E-state index in [1.165, 1.54) is 0 Å². The fourth-order valence-electron chi connectivity index (χ4n) is 0.942. The van der Waals surface area contributed by atoms with Crippen LogP contribution in [0.3, 0.4) is 0 Å². The lowest BCUT2D eigenvalue weighted by molar-refractivity contribution is -0.774. The van der Waals surface area contributed by atoms with Gasteiger partial charge in [0.05, 0.1) is 28.8 Å². The van der Waals surface area contributed by atoms with Crippen molar-refractivity contribution in [2.75, 3.05) is 14.1 Å². The van der Waals surface area contributed by atoms with E-state index < -0.39 is 0 Å². The number of amides is 1. The van der Waals surface area contributed by atoms with Gasteiger partial charge in [0.15, 0.2) is 0 Å². The summed E-state index contributed by atoms with van der Waals surface area (Å²) in [7, 11) is 3.50. The summed E-state index contributed by atoms with van der Waals surface area (Å²) in [5, 5.41) is 0. The molecule has 0 N–H and O–H groups in total. The van der Waals surface area contributed by atoms with Crippen LogP contribution < -0.4 is 0 Å². The van der Waals surface area contributed by atoms with Crippen LogP contribution in [0.15, 0.2) is 30.3 Å². The monoisotopic (exact) mass is 321 g/mol. The van der Waals surface area contributed by atoms with Gasteiger partial charge in [0.25, 0.3) is 16.1 Å². The molecule has 1 unspecified atom stereocenters. The third kappa shape index (κ3) is 2.42. The molecule has 0 saturated carbocycles. The average molecular weight is 323 g/mol. The normalized spacial score (nSPS) is 15.2. The minimum absolute atomic E-state index is 0.0371. The van der Waals surface area contributed by atoms with Gasteiger partial charge in [-0.05, 0) is 12.1 Å². The molecule has 0 radical (unpaired) electrons. The van der Waals surface area contributed by atoms with Crippen molar-refractivity contribution in [3.63, 3.8) is 0 Å². The molecular weight excluding hydrogens is 312 g/mol. The average Bonchev–Trinajstić information content (AvgIpc) is 2.17. The molecule has 0 saturated heterocycles. The Morgan fingerprint density at radius 1 is 1.36 bits per heavy atom. The molecule has 0 aliphatic carbocycles. The summed E-state index contributed by atoms with van der Waals surface area (Å²) in [6.45, 7) is 0. The molecular formula is C9H11Br2N2O+. The van der Waals surface area contributed by atoms with E-state index in [-0.39, 0.29) is 9.53 Å². The lowest BCUT2D eigenvalue weighted by atomic mass is 10.2. The first kappa shape index (κ1) is 11.8. The van der Waals surface area contributed by atoms with Gasteiger partial charge < -0.3 is 0 Å².